The van der Waals surface area contributed by atoms with Crippen LogP contribution < -0.4 is 5.32 Å². The maximum Gasteiger partial charge on any atom is 0.137 e. The maximum atomic E-state index is 9.18. The van der Waals surface area contributed by atoms with Crippen LogP contribution in [0.15, 0.2) is 60.9 Å². The van der Waals surface area contributed by atoms with Crippen LogP contribution in [0.5, 0.6) is 0 Å². The van der Waals surface area contributed by atoms with Crippen LogP contribution in [0.2, 0.25) is 0 Å². The zero-order valence-electron chi connectivity index (χ0n) is 18.3. The van der Waals surface area contributed by atoms with Gasteiger partial charge in [-0.05, 0) is 74.0 Å². The van der Waals surface area contributed by atoms with Crippen molar-refractivity contribution in [2.45, 2.75) is 19.9 Å². The van der Waals surface area contributed by atoms with Gasteiger partial charge in [0.2, 0.25) is 0 Å². The summed E-state index contributed by atoms with van der Waals surface area (Å²) in [7, 11) is 0. The molecule has 3 aromatic heterocycles. The summed E-state index contributed by atoms with van der Waals surface area (Å²) >= 11 is 0. The van der Waals surface area contributed by atoms with Crippen molar-refractivity contribution in [1.29, 1.82) is 5.26 Å². The molecule has 0 bridgehead atoms. The number of nitriles is 1. The number of nitrogens with zero attached hydrogens (tertiary/aromatic N) is 5. The van der Waals surface area contributed by atoms with E-state index in [1.165, 1.54) is 5.69 Å². The molecule has 1 aliphatic rings. The topological polar surface area (TPSA) is 69.2 Å². The van der Waals surface area contributed by atoms with Crippen LogP contribution in [-0.4, -0.2) is 45.4 Å². The number of fused-ring (bicyclic) bond motifs is 1. The molecule has 5 rings (SSSR count). The van der Waals surface area contributed by atoms with Crippen LogP contribution in [0, 0.1) is 18.3 Å². The Morgan fingerprint density at radius 2 is 1.84 bits per heavy atom. The summed E-state index contributed by atoms with van der Waals surface area (Å²) in [6.07, 6.45) is 5.19. The Kier molecular flexibility index (Phi) is 5.68. The third-order valence-electron chi connectivity index (χ3n) is 6.04. The molecule has 32 heavy (non-hydrogen) atoms. The summed E-state index contributed by atoms with van der Waals surface area (Å²) in [5.74, 6) is 0. The Morgan fingerprint density at radius 1 is 1.00 bits per heavy atom. The largest absolute Gasteiger partial charge is 0.315 e. The molecule has 6 heteroatoms. The number of aryl methyl sites for hydroxylation is 1. The molecule has 0 amide bonds. The standard InChI is InChI=1S/C26H26N6/c1-19-15-22(9-11-29-19)23-7-8-25-30-26(21-5-3-20(16-27)4-6-21)24(32(25)17-23)18-31-13-2-10-28-12-14-31/h3-9,11,15,17,28H,2,10,12-14,18H2,1H3. The lowest BCUT2D eigenvalue weighted by atomic mass is 10.1. The molecular formula is C26H26N6. The van der Waals surface area contributed by atoms with Crippen molar-refractivity contribution in [3.8, 4) is 28.5 Å². The number of aromatic nitrogens is 3. The summed E-state index contributed by atoms with van der Waals surface area (Å²) in [5.41, 5.74) is 8.09. The van der Waals surface area contributed by atoms with E-state index in [1.54, 1.807) is 0 Å². The first-order valence-corrected chi connectivity index (χ1v) is 11.1. The third kappa shape index (κ3) is 4.13. The number of nitrogens with one attached hydrogen (secondary N) is 1. The molecule has 0 atom stereocenters. The predicted molar refractivity (Wildman–Crippen MR) is 126 cm³/mol. The van der Waals surface area contributed by atoms with Gasteiger partial charge in [0, 0.05) is 43.3 Å². The molecule has 1 aliphatic heterocycles. The summed E-state index contributed by atoms with van der Waals surface area (Å²) < 4.78 is 2.23. The van der Waals surface area contributed by atoms with Crippen molar-refractivity contribution < 1.29 is 0 Å². The number of hydrogen-bond acceptors (Lipinski definition) is 5. The van der Waals surface area contributed by atoms with Gasteiger partial charge in [-0.1, -0.05) is 12.1 Å². The predicted octanol–water partition coefficient (Wildman–Crippen LogP) is 4.04. The minimum absolute atomic E-state index is 0.660. The van der Waals surface area contributed by atoms with Crippen LogP contribution in [0.4, 0.5) is 0 Å². The third-order valence-corrected chi connectivity index (χ3v) is 6.04. The van der Waals surface area contributed by atoms with Gasteiger partial charge in [-0.25, -0.2) is 4.98 Å². The molecule has 1 N–H and O–H groups in total. The Bertz CT molecular complexity index is 1270. The van der Waals surface area contributed by atoms with E-state index in [9.17, 15) is 5.26 Å². The molecule has 4 heterocycles. The molecule has 6 nitrogen and oxygen atoms in total. The van der Waals surface area contributed by atoms with E-state index < -0.39 is 0 Å². The Balaban J connectivity index is 1.63. The molecule has 1 aromatic carbocycles. The van der Waals surface area contributed by atoms with Gasteiger partial charge in [0.1, 0.15) is 5.65 Å². The lowest BCUT2D eigenvalue weighted by Gasteiger charge is -2.20. The molecule has 4 aromatic rings. The zero-order chi connectivity index (χ0) is 21.9. The molecule has 1 fully saturated rings. The van der Waals surface area contributed by atoms with E-state index in [4.69, 9.17) is 4.98 Å². The summed E-state index contributed by atoms with van der Waals surface area (Å²) in [4.78, 5) is 11.8. The smallest absolute Gasteiger partial charge is 0.137 e. The number of imidazole rings is 1. The molecule has 0 spiro atoms. The van der Waals surface area contributed by atoms with Crippen LogP contribution in [0.25, 0.3) is 28.0 Å². The van der Waals surface area contributed by atoms with Crippen LogP contribution in [0.1, 0.15) is 23.4 Å². The second-order valence-corrected chi connectivity index (χ2v) is 8.31. The molecule has 0 radical (unpaired) electrons. The van der Waals surface area contributed by atoms with Gasteiger partial charge in [0.05, 0.1) is 23.0 Å². The first-order chi connectivity index (χ1) is 15.7. The highest BCUT2D eigenvalue weighted by molar-refractivity contribution is 5.70. The maximum absolute atomic E-state index is 9.18. The molecular weight excluding hydrogens is 396 g/mol. The van der Waals surface area contributed by atoms with Gasteiger partial charge in [-0.3, -0.25) is 9.88 Å². The summed E-state index contributed by atoms with van der Waals surface area (Å²) in [6, 6.07) is 18.3. The van der Waals surface area contributed by atoms with Crippen molar-refractivity contribution in [2.24, 2.45) is 0 Å². The highest BCUT2D eigenvalue weighted by Gasteiger charge is 2.19. The van der Waals surface area contributed by atoms with Crippen molar-refractivity contribution >= 4 is 5.65 Å². The zero-order valence-corrected chi connectivity index (χ0v) is 18.3. The Hall–Kier alpha value is -3.53. The minimum atomic E-state index is 0.660. The fraction of sp³-hybridized carbons (Fsp3) is 0.269. The highest BCUT2D eigenvalue weighted by atomic mass is 15.2. The van der Waals surface area contributed by atoms with E-state index in [0.29, 0.717) is 5.56 Å². The highest BCUT2D eigenvalue weighted by Crippen LogP contribution is 2.29. The van der Waals surface area contributed by atoms with E-state index in [-0.39, 0.29) is 0 Å². The van der Waals surface area contributed by atoms with Gasteiger partial charge in [-0.2, -0.15) is 5.26 Å². The van der Waals surface area contributed by atoms with Crippen molar-refractivity contribution in [1.82, 2.24) is 24.6 Å². The molecule has 0 unspecified atom stereocenters. The van der Waals surface area contributed by atoms with Crippen molar-refractivity contribution in [3.63, 3.8) is 0 Å². The molecule has 1 saturated heterocycles. The van der Waals surface area contributed by atoms with Gasteiger partial charge in [0.25, 0.3) is 0 Å². The van der Waals surface area contributed by atoms with E-state index >= 15 is 0 Å². The average molecular weight is 423 g/mol. The fourth-order valence-corrected chi connectivity index (χ4v) is 4.35. The number of benzene rings is 1. The second kappa shape index (κ2) is 8.91. The Labute approximate surface area is 188 Å². The number of rotatable bonds is 4. The van der Waals surface area contributed by atoms with Crippen LogP contribution >= 0.6 is 0 Å². The monoisotopic (exact) mass is 422 g/mol. The van der Waals surface area contributed by atoms with Gasteiger partial charge >= 0.3 is 0 Å². The average Bonchev–Trinajstić information content (AvgIpc) is 2.98. The van der Waals surface area contributed by atoms with Crippen LogP contribution in [0.3, 0.4) is 0 Å². The molecule has 160 valence electrons. The van der Waals surface area contributed by atoms with Gasteiger partial charge < -0.3 is 9.72 Å². The van der Waals surface area contributed by atoms with E-state index in [1.807, 2.05) is 43.5 Å². The van der Waals surface area contributed by atoms with E-state index in [2.05, 4.69) is 50.1 Å². The molecule has 0 aliphatic carbocycles. The quantitative estimate of drug-likeness (QED) is 0.538. The number of pyridine rings is 2. The number of hydrogen-bond donors (Lipinski definition) is 1. The van der Waals surface area contributed by atoms with Crippen molar-refractivity contribution in [3.05, 3.63) is 77.9 Å². The summed E-state index contributed by atoms with van der Waals surface area (Å²) in [5, 5.41) is 12.7. The Morgan fingerprint density at radius 3 is 2.66 bits per heavy atom. The normalized spacial score (nSPS) is 14.9. The van der Waals surface area contributed by atoms with Gasteiger partial charge in [-0.15, -0.1) is 0 Å². The first-order valence-electron chi connectivity index (χ1n) is 11.1. The van der Waals surface area contributed by atoms with E-state index in [0.717, 1.165) is 72.9 Å². The second-order valence-electron chi connectivity index (χ2n) is 8.31. The summed E-state index contributed by atoms with van der Waals surface area (Å²) in [6.45, 7) is 7.00. The minimum Gasteiger partial charge on any atom is -0.315 e. The lowest BCUT2D eigenvalue weighted by molar-refractivity contribution is 0.281. The molecule has 0 saturated carbocycles. The SMILES string of the molecule is Cc1cc(-c2ccc3nc(-c4ccc(C#N)cc4)c(CN4CCCNCC4)n3c2)ccn1. The first kappa shape index (κ1) is 20.4. The lowest BCUT2D eigenvalue weighted by Crippen LogP contribution is -2.28. The van der Waals surface area contributed by atoms with Gasteiger partial charge in [0.15, 0.2) is 0 Å². The van der Waals surface area contributed by atoms with Crippen LogP contribution in [-0.2, 0) is 6.54 Å². The van der Waals surface area contributed by atoms with Crippen molar-refractivity contribution in [2.75, 3.05) is 26.2 Å². The fourth-order valence-electron chi connectivity index (χ4n) is 4.35.